The maximum atomic E-state index is 15.5. The molecule has 0 saturated heterocycles. The fourth-order valence-corrected chi connectivity index (χ4v) is 40.5. The van der Waals surface area contributed by atoms with Crippen molar-refractivity contribution in [2.45, 2.75) is 413 Å². The Hall–Kier alpha value is -2.60. The molecule has 0 radical (unpaired) electrons. The molecule has 0 spiro atoms. The predicted octanol–water partition coefficient (Wildman–Crippen LogP) is 21.8. The number of rotatable bonds is 41. The Morgan fingerprint density at radius 2 is 0.507 bits per heavy atom. The van der Waals surface area contributed by atoms with Crippen molar-refractivity contribution >= 4 is 23.6 Å². The molecule has 16 aliphatic carbocycles. The summed E-state index contributed by atoms with van der Waals surface area (Å²) in [6, 6.07) is 0. The molecule has 2 N–H and O–H groups in total. The van der Waals surface area contributed by atoms with Gasteiger partial charge >= 0.3 is 0 Å². The number of amides is 4. The lowest BCUT2D eigenvalue weighted by Gasteiger charge is -2.64. The van der Waals surface area contributed by atoms with E-state index in [4.69, 9.17) is 56.8 Å². The molecule has 0 bridgehead atoms. The molecule has 4 amide bonds. The SMILES string of the molecule is CO[C@@H]1CC[C@@]2(C)[C@@H](C1)C[C@@H](OC)[C@@H]1[C@@H]2C[C@H](OC)[C@]2(C)[C@@H]([C@H](C)CCC(=O)NCCCN(CCCCN(CCCNC(=O)CC[C@@H](C)[C@H]3CC[C@H]4[C@@H]5[C@H](OC)C[C@@H]6C[C@H](OC)CC[C@]6(C)[C@H]5C[C@H](OC)[C@]34C)C(=O)CC[C@@H](C)[C@H]3CC[C@H]4[C@@H]5[C@H](OC)C[C@@H]6C[C@H](OC)CC[C@]6(C)[C@H]5C[C@H](OC)[C@]34C)C(=O)CC[C@@H](C)[C@H]3CC[C@H]4[C@@H]5[C@H](OC)C[C@@H]6C[C@H](OC)CC[C@]6(C)[C@H]5C[C@H](OC)[C@]34C)CC[C@@H]12. The van der Waals surface area contributed by atoms with Gasteiger partial charge in [-0.25, -0.2) is 0 Å². The molecule has 0 aliphatic heterocycles. The van der Waals surface area contributed by atoms with Gasteiger partial charge in [0.15, 0.2) is 0 Å². The van der Waals surface area contributed by atoms with Crippen LogP contribution in [0.1, 0.15) is 340 Å². The highest BCUT2D eigenvalue weighted by Gasteiger charge is 2.73. The van der Waals surface area contributed by atoms with E-state index in [0.29, 0.717) is 244 Å². The Bertz CT molecular complexity index is 3740. The largest absolute Gasteiger partial charge is 0.381 e. The van der Waals surface area contributed by atoms with Gasteiger partial charge in [-0.15, -0.1) is 0 Å². The molecule has 16 saturated carbocycles. The van der Waals surface area contributed by atoms with Crippen LogP contribution >= 0.6 is 0 Å². The highest BCUT2D eigenvalue weighted by atomic mass is 16.5. The van der Waals surface area contributed by atoms with Crippen molar-refractivity contribution in [2.75, 3.05) is 125 Å². The molecule has 20 nitrogen and oxygen atoms in total. The van der Waals surface area contributed by atoms with Gasteiger partial charge in [0.1, 0.15) is 0 Å². The minimum Gasteiger partial charge on any atom is -0.381 e. The molecule has 0 aromatic carbocycles. The average Bonchev–Trinajstić information content (AvgIpc) is 1.45. The second-order valence-corrected chi connectivity index (χ2v) is 52.5. The van der Waals surface area contributed by atoms with Gasteiger partial charge in [-0.1, -0.05) is 83.1 Å². The lowest BCUT2D eigenvalue weighted by molar-refractivity contribution is -0.218. The van der Waals surface area contributed by atoms with Crippen LogP contribution in [-0.2, 0) is 76.0 Å². The van der Waals surface area contributed by atoms with Crippen LogP contribution in [0.15, 0.2) is 0 Å². The van der Waals surface area contributed by atoms with Crippen LogP contribution in [-0.4, -0.2) is 231 Å². The third-order valence-electron chi connectivity index (χ3n) is 48.4. The Labute approximate surface area is 838 Å². The molecule has 20 heteroatoms. The number of carbonyl (C=O) groups excluding carboxylic acids is 4. The van der Waals surface area contributed by atoms with E-state index in [1.165, 1.54) is 51.4 Å². The number of nitrogens with zero attached hydrogens (tertiary/aromatic N) is 2. The molecule has 138 heavy (non-hydrogen) atoms. The standard InChI is InChI=1S/C118H202N4O16/c1-71(83-33-37-87-107-91(67-99(135-21)115(83,87)9)111(5)49-45-79(127-13)59-75(111)63-95(107)131-17)29-41-103(123)119-53-27-57-121(105(125)43-31-73(3)85-35-39-89-109-93(69-101(137-23)117(85,89)11)113(7)51-47-81(129-15)61-77(113)65-97(109)133-19)55-25-26-56-122(106(126)44-32-74(4)86-36-40-90-110-94(70-102(138-24)118(86,90)12)114(8)52-48-82(130-16)62-78(114)66-98(110)134-20)58-28-54-120-104(124)42-30-72(2)84-34-38-88-108-92(68-100(136-22)116(84,88)10)112(6)50-46-80(128-14)60-76(112)64-96(108)132-18/h71-102,107-110H,25-70H2,1-24H3,(H,119,123)(H,120,124)/t71-,72-,73-,74-,75+,76+,77+,78+,79-,80-,81-,82-,83-,84-,85-,86-,87+,88+,89+,90+,91+,92+,93+,94+,95-,96-,97-,98-,99+,100+,101+,102+,107+,108+,109+,110+,111+,112+,113+,114+,115-,116-,117-,118-/m1/s1. The van der Waals surface area contributed by atoms with Crippen molar-refractivity contribution in [1.82, 2.24) is 20.4 Å². The number of carbonyl (C=O) groups is 4. The van der Waals surface area contributed by atoms with Crippen molar-refractivity contribution in [3.8, 4) is 0 Å². The second-order valence-electron chi connectivity index (χ2n) is 52.5. The third kappa shape index (κ3) is 19.5. The molecular formula is C118H202N4O16. The normalized spacial score (nSPS) is 46.7. The molecule has 0 aromatic rings. The summed E-state index contributed by atoms with van der Waals surface area (Å²) in [5.74, 6) is 12.0. The molecule has 0 aromatic heterocycles. The van der Waals surface area contributed by atoms with Gasteiger partial charge in [0.2, 0.25) is 23.6 Å². The van der Waals surface area contributed by atoms with Gasteiger partial charge in [-0.2, -0.15) is 0 Å². The van der Waals surface area contributed by atoms with Gasteiger partial charge in [0.05, 0.1) is 73.2 Å². The van der Waals surface area contributed by atoms with E-state index in [9.17, 15) is 9.59 Å². The fourth-order valence-electron chi connectivity index (χ4n) is 40.5. The third-order valence-corrected chi connectivity index (χ3v) is 48.4. The minimum atomic E-state index is -0.0470. The molecule has 16 fully saturated rings. The van der Waals surface area contributed by atoms with Gasteiger partial charge in [-0.3, -0.25) is 19.2 Å². The van der Waals surface area contributed by atoms with Crippen LogP contribution < -0.4 is 10.6 Å². The van der Waals surface area contributed by atoms with Crippen molar-refractivity contribution in [1.29, 1.82) is 0 Å². The van der Waals surface area contributed by atoms with Crippen LogP contribution in [0.3, 0.4) is 0 Å². The van der Waals surface area contributed by atoms with Gasteiger partial charge in [0, 0.05) is 172 Å². The Kier molecular flexibility index (Phi) is 35.0. The van der Waals surface area contributed by atoms with Crippen LogP contribution in [0.4, 0.5) is 0 Å². The first-order valence-electron chi connectivity index (χ1n) is 57.5. The van der Waals surface area contributed by atoms with Crippen molar-refractivity contribution < 1.29 is 76.0 Å². The van der Waals surface area contributed by atoms with E-state index in [2.05, 4.69) is 104 Å². The smallest absolute Gasteiger partial charge is 0.222 e. The zero-order valence-electron chi connectivity index (χ0n) is 91.7. The van der Waals surface area contributed by atoms with Gasteiger partial charge in [-0.05, 0) is 395 Å². The summed E-state index contributed by atoms with van der Waals surface area (Å²) in [6.45, 7) is 33.7. The van der Waals surface area contributed by atoms with Crippen molar-refractivity contribution in [3.05, 3.63) is 0 Å². The van der Waals surface area contributed by atoms with E-state index >= 15 is 9.59 Å². The van der Waals surface area contributed by atoms with Crippen LogP contribution in [0.2, 0.25) is 0 Å². The van der Waals surface area contributed by atoms with E-state index in [-0.39, 0.29) is 116 Å². The molecule has 790 valence electrons. The Morgan fingerprint density at radius 3 is 0.732 bits per heavy atom. The predicted molar refractivity (Wildman–Crippen MR) is 545 cm³/mol. The summed E-state index contributed by atoms with van der Waals surface area (Å²) in [5.41, 5.74) is 0.838. The first-order chi connectivity index (χ1) is 66.1. The average molecular weight is 1930 g/mol. The zero-order chi connectivity index (χ0) is 98.7. The van der Waals surface area contributed by atoms with E-state index < -0.39 is 0 Å². The second kappa shape index (κ2) is 44.7. The number of unbranched alkanes of at least 4 members (excludes halogenated alkanes) is 1. The summed E-state index contributed by atoms with van der Waals surface area (Å²) in [5, 5.41) is 6.79. The molecular weight excluding hydrogens is 1730 g/mol. The first kappa shape index (κ1) is 108. The highest BCUT2D eigenvalue weighted by Crippen LogP contribution is 2.76. The lowest BCUT2D eigenvalue weighted by Crippen LogP contribution is -2.63. The van der Waals surface area contributed by atoms with Crippen LogP contribution in [0.5, 0.6) is 0 Å². The molecule has 44 atom stereocenters. The number of nitrogens with one attached hydrogen (secondary N) is 2. The van der Waals surface area contributed by atoms with Gasteiger partial charge in [0.25, 0.3) is 0 Å². The molecule has 0 heterocycles. The maximum Gasteiger partial charge on any atom is 0.222 e. The van der Waals surface area contributed by atoms with E-state index in [1.54, 1.807) is 0 Å². The highest BCUT2D eigenvalue weighted by molar-refractivity contribution is 5.77. The Morgan fingerprint density at radius 1 is 0.275 bits per heavy atom. The number of ether oxygens (including phenoxy) is 12. The lowest BCUT2D eigenvalue weighted by atomic mass is 9.43. The van der Waals surface area contributed by atoms with E-state index in [1.807, 2.05) is 85.3 Å². The maximum absolute atomic E-state index is 15.5. The quantitative estimate of drug-likeness (QED) is 0.0545. The minimum absolute atomic E-state index is 0.00704. The Balaban J connectivity index is 0.585. The summed E-state index contributed by atoms with van der Waals surface area (Å²) in [6.07, 6.45) is 42.4. The number of hydrogen-bond donors (Lipinski definition) is 2. The summed E-state index contributed by atoms with van der Waals surface area (Å²) in [7, 11) is 23.3. The number of fused-ring (bicyclic) bond motifs is 20. The van der Waals surface area contributed by atoms with Crippen LogP contribution in [0.25, 0.3) is 0 Å². The first-order valence-corrected chi connectivity index (χ1v) is 57.5. The summed E-state index contributed by atoms with van der Waals surface area (Å²) in [4.78, 5) is 64.0. The van der Waals surface area contributed by atoms with Crippen molar-refractivity contribution in [3.63, 3.8) is 0 Å². The summed E-state index contributed by atoms with van der Waals surface area (Å²) >= 11 is 0. The molecule has 16 aliphatic rings. The topological polar surface area (TPSA) is 210 Å². The summed E-state index contributed by atoms with van der Waals surface area (Å²) < 4.78 is 77.7. The number of hydrogen-bond acceptors (Lipinski definition) is 16. The molecule has 16 rings (SSSR count). The van der Waals surface area contributed by atoms with Gasteiger partial charge < -0.3 is 77.3 Å². The monoisotopic (exact) mass is 1930 g/mol. The number of methoxy groups -OCH3 is 12. The zero-order valence-corrected chi connectivity index (χ0v) is 91.7. The fraction of sp³-hybridized carbons (Fsp3) is 0.966. The van der Waals surface area contributed by atoms with E-state index in [0.717, 1.165) is 167 Å². The van der Waals surface area contributed by atoms with Crippen LogP contribution in [0, 0.1) is 185 Å². The molecule has 0 unspecified atom stereocenters. The van der Waals surface area contributed by atoms with Crippen molar-refractivity contribution in [2.24, 2.45) is 185 Å².